The summed E-state index contributed by atoms with van der Waals surface area (Å²) in [5.41, 5.74) is -0.611. The van der Waals surface area contributed by atoms with Crippen LogP contribution >= 0.6 is 0 Å². The fourth-order valence-corrected chi connectivity index (χ4v) is 2.01. The molecule has 0 bridgehead atoms. The summed E-state index contributed by atoms with van der Waals surface area (Å²) < 4.78 is 10.6. The molecular weight excluding hydrogens is 248 g/mol. The zero-order valence-electron chi connectivity index (χ0n) is 10.5. The van der Waals surface area contributed by atoms with Crippen molar-refractivity contribution in [1.82, 2.24) is 0 Å². The third-order valence-corrected chi connectivity index (χ3v) is 3.23. The van der Waals surface area contributed by atoms with Crippen LogP contribution < -0.4 is 0 Å². The minimum absolute atomic E-state index is 0.115. The second-order valence-corrected chi connectivity index (χ2v) is 4.59. The smallest absolute Gasteiger partial charge is 0.322 e. The molecule has 2 rings (SSSR count). The van der Waals surface area contributed by atoms with Crippen molar-refractivity contribution >= 4 is 11.8 Å². The van der Waals surface area contributed by atoms with E-state index >= 15 is 0 Å². The summed E-state index contributed by atoms with van der Waals surface area (Å²) in [5.74, 6) is -1.50. The molecule has 1 aromatic rings. The molecule has 19 heavy (non-hydrogen) atoms. The topological polar surface area (TPSA) is 72.8 Å². The number of carbonyl (C=O) groups is 2. The molecule has 102 valence electrons. The molecule has 0 amide bonds. The monoisotopic (exact) mass is 264 g/mol. The molecule has 1 aliphatic heterocycles. The predicted octanol–water partition coefficient (Wildman–Crippen LogP) is 1.26. The van der Waals surface area contributed by atoms with Gasteiger partial charge in [-0.1, -0.05) is 30.3 Å². The van der Waals surface area contributed by atoms with Crippen LogP contribution in [0.1, 0.15) is 12.0 Å². The molecule has 1 aliphatic rings. The molecule has 1 unspecified atom stereocenters. The number of aliphatic carboxylic acids is 1. The van der Waals surface area contributed by atoms with Gasteiger partial charge in [0.15, 0.2) is 11.2 Å². The number of carboxylic acids is 1. The van der Waals surface area contributed by atoms with Crippen LogP contribution in [-0.2, 0) is 25.7 Å². The number of carboxylic acid groups (broad SMARTS) is 1. The molecule has 1 atom stereocenters. The van der Waals surface area contributed by atoms with Crippen LogP contribution in [0.2, 0.25) is 0 Å². The van der Waals surface area contributed by atoms with Crippen molar-refractivity contribution in [2.24, 2.45) is 5.41 Å². The number of carbonyl (C=O) groups excluding carboxylic acids is 1. The molecule has 1 N–H and O–H groups in total. The van der Waals surface area contributed by atoms with E-state index in [4.69, 9.17) is 9.47 Å². The highest BCUT2D eigenvalue weighted by molar-refractivity contribution is 6.03. The minimum Gasteiger partial charge on any atom is -0.480 e. The second-order valence-electron chi connectivity index (χ2n) is 4.59. The van der Waals surface area contributed by atoms with Crippen molar-refractivity contribution in [3.8, 4) is 0 Å². The Morgan fingerprint density at radius 3 is 2.74 bits per heavy atom. The highest BCUT2D eigenvalue weighted by Crippen LogP contribution is 2.26. The summed E-state index contributed by atoms with van der Waals surface area (Å²) in [5, 5.41) is 9.28. The van der Waals surface area contributed by atoms with Crippen molar-refractivity contribution < 1.29 is 24.2 Å². The summed E-state index contributed by atoms with van der Waals surface area (Å²) in [6.45, 7) is 0.293. The lowest BCUT2D eigenvalue weighted by Gasteiger charge is -2.31. The van der Waals surface area contributed by atoms with Gasteiger partial charge in [0, 0.05) is 6.42 Å². The van der Waals surface area contributed by atoms with Crippen LogP contribution in [0.3, 0.4) is 0 Å². The molecule has 0 aliphatic carbocycles. The van der Waals surface area contributed by atoms with Gasteiger partial charge in [0.25, 0.3) is 0 Å². The molecule has 1 heterocycles. The molecule has 1 fully saturated rings. The predicted molar refractivity (Wildman–Crippen MR) is 66.6 cm³/mol. The normalized spacial score (nSPS) is 23.3. The highest BCUT2D eigenvalue weighted by atomic mass is 16.5. The van der Waals surface area contributed by atoms with Crippen molar-refractivity contribution in [2.45, 2.75) is 13.0 Å². The van der Waals surface area contributed by atoms with Gasteiger partial charge in [0.05, 0.1) is 26.4 Å². The Labute approximate surface area is 111 Å². The fraction of sp³-hybridized carbons (Fsp3) is 0.429. The van der Waals surface area contributed by atoms with Gasteiger partial charge >= 0.3 is 5.97 Å². The third kappa shape index (κ3) is 3.00. The number of rotatable bonds is 5. The number of hydrogen-bond acceptors (Lipinski definition) is 4. The average molecular weight is 264 g/mol. The second kappa shape index (κ2) is 5.95. The van der Waals surface area contributed by atoms with Gasteiger partial charge in [-0.2, -0.15) is 0 Å². The van der Waals surface area contributed by atoms with Crippen molar-refractivity contribution in [3.63, 3.8) is 0 Å². The first-order valence-electron chi connectivity index (χ1n) is 6.11. The Bertz CT molecular complexity index is 456. The first-order chi connectivity index (χ1) is 9.15. The number of Topliss-reactive ketones (excluding diaryl/α,β-unsaturated/α-hetero) is 1. The van der Waals surface area contributed by atoms with Crippen LogP contribution in [0.4, 0.5) is 0 Å². The van der Waals surface area contributed by atoms with E-state index in [9.17, 15) is 14.7 Å². The molecule has 1 saturated heterocycles. The number of ketones is 1. The van der Waals surface area contributed by atoms with Gasteiger partial charge < -0.3 is 14.6 Å². The largest absolute Gasteiger partial charge is 0.480 e. The molecule has 0 aromatic heterocycles. The van der Waals surface area contributed by atoms with E-state index in [-0.39, 0.29) is 38.6 Å². The lowest BCUT2D eigenvalue weighted by Crippen LogP contribution is -2.50. The molecule has 5 nitrogen and oxygen atoms in total. The first kappa shape index (κ1) is 13.7. The lowest BCUT2D eigenvalue weighted by molar-refractivity contribution is -0.170. The van der Waals surface area contributed by atoms with Gasteiger partial charge in [-0.25, -0.2) is 0 Å². The maximum atomic E-state index is 11.9. The SMILES string of the molecule is O=C(O)C1(COCc2ccccc2)COCCC1=O. The van der Waals surface area contributed by atoms with Gasteiger partial charge in [0.2, 0.25) is 0 Å². The Balaban J connectivity index is 1.98. The summed E-state index contributed by atoms with van der Waals surface area (Å²) in [6.07, 6.45) is 0.126. The van der Waals surface area contributed by atoms with Gasteiger partial charge in [-0.15, -0.1) is 0 Å². The molecule has 0 radical (unpaired) electrons. The van der Waals surface area contributed by atoms with E-state index in [1.54, 1.807) is 0 Å². The quantitative estimate of drug-likeness (QED) is 0.811. The molecule has 1 aromatic carbocycles. The molecule has 0 spiro atoms. The fourth-order valence-electron chi connectivity index (χ4n) is 2.01. The molecule has 0 saturated carbocycles. The van der Waals surface area contributed by atoms with Crippen molar-refractivity contribution in [3.05, 3.63) is 35.9 Å². The van der Waals surface area contributed by atoms with E-state index in [2.05, 4.69) is 0 Å². The first-order valence-corrected chi connectivity index (χ1v) is 6.11. The van der Waals surface area contributed by atoms with Gasteiger partial charge in [-0.3, -0.25) is 9.59 Å². The lowest BCUT2D eigenvalue weighted by atomic mass is 9.82. The van der Waals surface area contributed by atoms with Crippen LogP contribution in [0.15, 0.2) is 30.3 Å². The van der Waals surface area contributed by atoms with E-state index < -0.39 is 11.4 Å². The van der Waals surface area contributed by atoms with E-state index in [1.165, 1.54) is 0 Å². The van der Waals surface area contributed by atoms with Crippen molar-refractivity contribution in [2.75, 3.05) is 19.8 Å². The van der Waals surface area contributed by atoms with E-state index in [1.807, 2.05) is 30.3 Å². The van der Waals surface area contributed by atoms with E-state index in [0.717, 1.165) is 5.56 Å². The zero-order chi connectivity index (χ0) is 13.7. The number of ether oxygens (including phenoxy) is 2. The van der Waals surface area contributed by atoms with Crippen LogP contribution in [0.25, 0.3) is 0 Å². The van der Waals surface area contributed by atoms with E-state index in [0.29, 0.717) is 0 Å². The van der Waals surface area contributed by atoms with Crippen LogP contribution in [-0.4, -0.2) is 36.7 Å². The maximum absolute atomic E-state index is 11.9. The molecule has 5 heteroatoms. The zero-order valence-corrected chi connectivity index (χ0v) is 10.5. The van der Waals surface area contributed by atoms with Gasteiger partial charge in [-0.05, 0) is 5.56 Å². The molecular formula is C14H16O5. The minimum atomic E-state index is -1.55. The Morgan fingerprint density at radius 1 is 1.37 bits per heavy atom. The number of benzene rings is 1. The standard InChI is InChI=1S/C14H16O5/c15-12-6-7-18-9-14(12,13(16)17)10-19-8-11-4-2-1-3-5-11/h1-5H,6-10H2,(H,16,17). The Kier molecular flexibility index (Phi) is 4.29. The Hall–Kier alpha value is -1.72. The third-order valence-electron chi connectivity index (χ3n) is 3.23. The average Bonchev–Trinajstić information content (AvgIpc) is 2.42. The van der Waals surface area contributed by atoms with Gasteiger partial charge in [0.1, 0.15) is 0 Å². The summed E-state index contributed by atoms with van der Waals surface area (Å²) in [7, 11) is 0. The van der Waals surface area contributed by atoms with Crippen molar-refractivity contribution in [1.29, 1.82) is 0 Å². The number of hydrogen-bond donors (Lipinski definition) is 1. The highest BCUT2D eigenvalue weighted by Gasteiger charge is 2.48. The summed E-state index contributed by atoms with van der Waals surface area (Å²) >= 11 is 0. The summed E-state index contributed by atoms with van der Waals surface area (Å²) in [4.78, 5) is 23.2. The maximum Gasteiger partial charge on any atom is 0.322 e. The summed E-state index contributed by atoms with van der Waals surface area (Å²) in [6, 6.07) is 9.40. The Morgan fingerprint density at radius 2 is 2.11 bits per heavy atom. The van der Waals surface area contributed by atoms with Crippen LogP contribution in [0, 0.1) is 5.41 Å². The van der Waals surface area contributed by atoms with Crippen LogP contribution in [0.5, 0.6) is 0 Å².